The number of aromatic nitrogens is 2. The van der Waals surface area contributed by atoms with Gasteiger partial charge in [-0.1, -0.05) is 69.0 Å². The summed E-state index contributed by atoms with van der Waals surface area (Å²) in [4.78, 5) is 24.0. The third kappa shape index (κ3) is 12.3. The molecule has 1 aliphatic heterocycles. The van der Waals surface area contributed by atoms with Gasteiger partial charge in [-0.2, -0.15) is 0 Å². The molecule has 1 unspecified atom stereocenters. The fraction of sp³-hybridized carbons (Fsp3) is 0.452. The number of nitrogens with one attached hydrogen (secondary N) is 3. The first-order valence-corrected chi connectivity index (χ1v) is 13.8. The molecule has 1 saturated heterocycles. The lowest BCUT2D eigenvalue weighted by atomic mass is 10.1. The third-order valence-electron chi connectivity index (χ3n) is 5.88. The first-order chi connectivity index (χ1) is 18.9. The predicted octanol–water partition coefficient (Wildman–Crippen LogP) is 5.25. The molecule has 3 rings (SSSR count). The molecule has 1 fully saturated rings. The van der Waals surface area contributed by atoms with Crippen LogP contribution in [0.15, 0.2) is 61.7 Å². The van der Waals surface area contributed by atoms with Crippen LogP contribution in [-0.2, 0) is 4.79 Å². The summed E-state index contributed by atoms with van der Waals surface area (Å²) < 4.78 is 0. The molecule has 0 saturated carbocycles. The molecule has 8 heteroatoms. The second-order valence-corrected chi connectivity index (χ2v) is 8.93. The predicted molar refractivity (Wildman–Crippen MR) is 164 cm³/mol. The summed E-state index contributed by atoms with van der Waals surface area (Å²) >= 11 is 0. The van der Waals surface area contributed by atoms with E-state index < -0.39 is 0 Å². The van der Waals surface area contributed by atoms with Gasteiger partial charge in [0, 0.05) is 39.1 Å². The number of carbonyl (C=O) groups excluding carboxylic acids is 1. The van der Waals surface area contributed by atoms with Crippen LogP contribution in [0.25, 0.3) is 5.57 Å². The Morgan fingerprint density at radius 2 is 1.82 bits per heavy atom. The highest BCUT2D eigenvalue weighted by molar-refractivity contribution is 5.76. The number of amides is 1. The van der Waals surface area contributed by atoms with Crippen LogP contribution in [0, 0.1) is 6.92 Å². The van der Waals surface area contributed by atoms with Crippen molar-refractivity contribution in [1.29, 1.82) is 0 Å². The smallest absolute Gasteiger partial charge is 0.220 e. The second-order valence-electron chi connectivity index (χ2n) is 8.93. The van der Waals surface area contributed by atoms with Gasteiger partial charge >= 0.3 is 0 Å². The molecule has 1 atom stereocenters. The normalized spacial score (nSPS) is 14.0. The van der Waals surface area contributed by atoms with E-state index in [1.54, 1.807) is 19.1 Å². The Hall–Kier alpha value is -3.49. The molecular weight excluding hydrogens is 488 g/mol. The van der Waals surface area contributed by atoms with E-state index in [4.69, 9.17) is 0 Å². The minimum absolute atomic E-state index is 0.00399. The lowest BCUT2D eigenvalue weighted by molar-refractivity contribution is -0.121. The largest absolute Gasteiger partial charge is 0.503 e. The number of anilines is 1. The topological polar surface area (TPSA) is 102 Å². The van der Waals surface area contributed by atoms with Crippen molar-refractivity contribution in [2.45, 2.75) is 53.5 Å². The van der Waals surface area contributed by atoms with Crippen molar-refractivity contribution in [3.8, 4) is 5.75 Å². The Bertz CT molecular complexity index is 1030. The number of piperazine rings is 1. The highest BCUT2D eigenvalue weighted by atomic mass is 16.3. The molecule has 39 heavy (non-hydrogen) atoms. The Balaban J connectivity index is 0.00000142. The van der Waals surface area contributed by atoms with Gasteiger partial charge in [-0.05, 0) is 44.9 Å². The molecule has 0 spiro atoms. The summed E-state index contributed by atoms with van der Waals surface area (Å²) in [6.07, 6.45) is 6.55. The molecule has 2 aromatic rings. The molecule has 1 aromatic heterocycles. The molecule has 2 heterocycles. The van der Waals surface area contributed by atoms with E-state index in [1.165, 1.54) is 0 Å². The first-order valence-electron chi connectivity index (χ1n) is 13.8. The van der Waals surface area contributed by atoms with Gasteiger partial charge in [0.05, 0.1) is 11.7 Å². The average Bonchev–Trinajstić information content (AvgIpc) is 2.95. The number of carbonyl (C=O) groups is 1. The van der Waals surface area contributed by atoms with Crippen molar-refractivity contribution >= 4 is 17.3 Å². The number of benzene rings is 1. The number of allylic oxidation sites excluding steroid dienone is 4. The summed E-state index contributed by atoms with van der Waals surface area (Å²) in [5.41, 5.74) is 2.31. The summed E-state index contributed by atoms with van der Waals surface area (Å²) in [7, 11) is 0. The maximum atomic E-state index is 12.8. The van der Waals surface area contributed by atoms with Gasteiger partial charge in [-0.15, -0.1) is 6.58 Å². The van der Waals surface area contributed by atoms with Crippen LogP contribution in [0.3, 0.4) is 0 Å². The molecule has 214 valence electrons. The minimum Gasteiger partial charge on any atom is -0.503 e. The van der Waals surface area contributed by atoms with E-state index in [-0.39, 0.29) is 17.7 Å². The zero-order chi connectivity index (χ0) is 29.0. The van der Waals surface area contributed by atoms with E-state index >= 15 is 0 Å². The monoisotopic (exact) mass is 536 g/mol. The van der Waals surface area contributed by atoms with Crippen LogP contribution in [-0.4, -0.2) is 65.2 Å². The summed E-state index contributed by atoms with van der Waals surface area (Å²) in [5.74, 6) is 0.878. The van der Waals surface area contributed by atoms with Gasteiger partial charge in [0.15, 0.2) is 17.4 Å². The summed E-state index contributed by atoms with van der Waals surface area (Å²) in [5, 5.41) is 20.2. The van der Waals surface area contributed by atoms with E-state index in [0.717, 1.165) is 50.3 Å². The van der Waals surface area contributed by atoms with Gasteiger partial charge in [0.25, 0.3) is 0 Å². The van der Waals surface area contributed by atoms with Crippen molar-refractivity contribution < 1.29 is 9.90 Å². The maximum absolute atomic E-state index is 12.8. The Morgan fingerprint density at radius 3 is 2.44 bits per heavy atom. The summed E-state index contributed by atoms with van der Waals surface area (Å²) in [6.45, 7) is 22.0. The summed E-state index contributed by atoms with van der Waals surface area (Å²) in [6, 6.07) is 9.56. The Kier molecular flexibility index (Phi) is 16.8. The average molecular weight is 537 g/mol. The van der Waals surface area contributed by atoms with Crippen LogP contribution in [0.2, 0.25) is 0 Å². The Morgan fingerprint density at radius 1 is 1.18 bits per heavy atom. The highest BCUT2D eigenvalue weighted by Crippen LogP contribution is 2.26. The number of nitrogens with zero attached hydrogens (tertiary/aromatic N) is 3. The molecule has 4 N–H and O–H groups in total. The highest BCUT2D eigenvalue weighted by Gasteiger charge is 2.18. The quantitative estimate of drug-likeness (QED) is 0.230. The maximum Gasteiger partial charge on any atom is 0.220 e. The van der Waals surface area contributed by atoms with Crippen LogP contribution in [0.1, 0.15) is 63.7 Å². The van der Waals surface area contributed by atoms with Crippen LogP contribution in [0.4, 0.5) is 5.82 Å². The standard InChI is InChI=1S/C26H36N6O2.C3H6.C2H6/c1-4-9-19(2)25-29-20(3)24(34)26(31-25)28-18-22(21-10-6-5-7-11-21)30-23(33)12-8-15-32-16-13-27-14-17-32;1-3-2;1-2/h4-7,9-11,22,27,34H,1,8,12-18H2,2-3H3,(H,30,33)(H,28,29,31);3H,1H2,2H3;1-2H3/b19-9+;;. The fourth-order valence-corrected chi connectivity index (χ4v) is 3.92. The Labute approximate surface area is 235 Å². The lowest BCUT2D eigenvalue weighted by Crippen LogP contribution is -2.44. The minimum atomic E-state index is -0.268. The third-order valence-corrected chi connectivity index (χ3v) is 5.88. The fourth-order valence-electron chi connectivity index (χ4n) is 3.92. The SMILES string of the molecule is C=C/C=C(\C)c1nc(C)c(O)c(NCC(NC(=O)CCCN2CCNCC2)c2ccccc2)n1.C=CC.CC. The number of aryl methyl sites for hydroxylation is 1. The van der Waals surface area contributed by atoms with E-state index in [9.17, 15) is 9.90 Å². The van der Waals surface area contributed by atoms with Gasteiger partial charge < -0.3 is 26.0 Å². The van der Waals surface area contributed by atoms with Gasteiger partial charge in [0.2, 0.25) is 5.91 Å². The van der Waals surface area contributed by atoms with Gasteiger partial charge in [-0.3, -0.25) is 4.79 Å². The number of hydrogen-bond acceptors (Lipinski definition) is 7. The molecule has 0 radical (unpaired) electrons. The second kappa shape index (κ2) is 19.6. The molecule has 1 amide bonds. The van der Waals surface area contributed by atoms with Gasteiger partial charge in [0.1, 0.15) is 0 Å². The van der Waals surface area contributed by atoms with Crippen LogP contribution in [0.5, 0.6) is 5.75 Å². The molecule has 1 aromatic carbocycles. The molecule has 0 bridgehead atoms. The van der Waals surface area contributed by atoms with Crippen molar-refractivity contribution in [2.24, 2.45) is 0 Å². The van der Waals surface area contributed by atoms with Crippen molar-refractivity contribution in [3.05, 3.63) is 78.8 Å². The van der Waals surface area contributed by atoms with Crippen molar-refractivity contribution in [1.82, 2.24) is 25.5 Å². The lowest BCUT2D eigenvalue weighted by Gasteiger charge is -2.27. The van der Waals surface area contributed by atoms with Crippen molar-refractivity contribution in [2.75, 3.05) is 44.6 Å². The number of aromatic hydroxyl groups is 1. The van der Waals surface area contributed by atoms with Crippen LogP contribution < -0.4 is 16.0 Å². The molecule has 1 aliphatic rings. The zero-order valence-electron chi connectivity index (χ0n) is 24.5. The van der Waals surface area contributed by atoms with Crippen molar-refractivity contribution in [3.63, 3.8) is 0 Å². The number of rotatable bonds is 11. The first kappa shape index (κ1) is 33.5. The van der Waals surface area contributed by atoms with E-state index in [1.807, 2.05) is 64.1 Å². The molecule has 0 aliphatic carbocycles. The van der Waals surface area contributed by atoms with Crippen LogP contribution >= 0.6 is 0 Å². The molecular formula is C31H48N6O2. The van der Waals surface area contributed by atoms with E-state index in [0.29, 0.717) is 30.3 Å². The zero-order valence-corrected chi connectivity index (χ0v) is 24.5. The molecule has 8 nitrogen and oxygen atoms in total. The van der Waals surface area contributed by atoms with E-state index in [2.05, 4.69) is 44.0 Å². The number of hydrogen-bond donors (Lipinski definition) is 4. The van der Waals surface area contributed by atoms with Gasteiger partial charge in [-0.25, -0.2) is 9.97 Å².